The van der Waals surface area contributed by atoms with E-state index in [-0.39, 0.29) is 23.8 Å². The molecule has 1 atom stereocenters. The van der Waals surface area contributed by atoms with Gasteiger partial charge in [-0.25, -0.2) is 8.42 Å². The van der Waals surface area contributed by atoms with Crippen molar-refractivity contribution in [1.82, 2.24) is 10.2 Å². The van der Waals surface area contributed by atoms with Gasteiger partial charge in [-0.3, -0.25) is 13.9 Å². The maximum absolute atomic E-state index is 14.5. The van der Waals surface area contributed by atoms with Gasteiger partial charge in [0.05, 0.1) is 17.7 Å². The second-order valence-electron chi connectivity index (χ2n) is 11.0. The third kappa shape index (κ3) is 8.51. The van der Waals surface area contributed by atoms with Gasteiger partial charge in [-0.2, -0.15) is 0 Å². The molecule has 0 unspecified atom stereocenters. The van der Waals surface area contributed by atoms with Gasteiger partial charge in [0.25, 0.3) is 10.0 Å². The Hall–Kier alpha value is -4.63. The van der Waals surface area contributed by atoms with E-state index in [9.17, 15) is 18.0 Å². The summed E-state index contributed by atoms with van der Waals surface area (Å²) in [6, 6.07) is 29.5. The van der Waals surface area contributed by atoms with Gasteiger partial charge in [-0.1, -0.05) is 85.3 Å². The quantitative estimate of drug-likeness (QED) is 0.194. The Kier molecular flexibility index (Phi) is 11.4. The molecule has 45 heavy (non-hydrogen) atoms. The number of hydrogen-bond acceptors (Lipinski definition) is 5. The van der Waals surface area contributed by atoms with E-state index in [1.807, 2.05) is 81.4 Å². The van der Waals surface area contributed by atoms with Crippen LogP contribution in [0.15, 0.2) is 108 Å². The topological polar surface area (TPSA) is 96.0 Å². The van der Waals surface area contributed by atoms with Crippen LogP contribution in [-0.2, 0) is 32.6 Å². The lowest BCUT2D eigenvalue weighted by molar-refractivity contribution is -0.140. The Labute approximate surface area is 266 Å². The van der Waals surface area contributed by atoms with Gasteiger partial charge in [0.1, 0.15) is 18.3 Å². The lowest BCUT2D eigenvalue weighted by Crippen LogP contribution is -2.53. The standard InChI is InChI=1S/C36H41N3O5S/c1-5-22-37-36(41)34(24-29-13-7-6-8-14-29)38(25-30-15-11-16-31(23-30)44-4)35(40)26-39(33-17-10-9-12-28(33)3)45(42,43)32-20-18-27(2)19-21-32/h6-21,23,34H,5,22,24-26H2,1-4H3,(H,37,41)/t34-/m1/s1. The summed E-state index contributed by atoms with van der Waals surface area (Å²) in [4.78, 5) is 29.9. The average molecular weight is 628 g/mol. The Balaban J connectivity index is 1.81. The number of ether oxygens (including phenoxy) is 1. The van der Waals surface area contributed by atoms with E-state index in [4.69, 9.17) is 4.74 Å². The van der Waals surface area contributed by atoms with E-state index in [1.54, 1.807) is 49.6 Å². The van der Waals surface area contributed by atoms with Crippen LogP contribution in [0.2, 0.25) is 0 Å². The average Bonchev–Trinajstić information content (AvgIpc) is 3.05. The highest BCUT2D eigenvalue weighted by Gasteiger charge is 2.35. The summed E-state index contributed by atoms with van der Waals surface area (Å²) in [7, 11) is -2.60. The summed E-state index contributed by atoms with van der Waals surface area (Å²) in [6.45, 7) is 5.66. The summed E-state index contributed by atoms with van der Waals surface area (Å²) in [6.07, 6.45) is 0.977. The van der Waals surface area contributed by atoms with Crippen LogP contribution >= 0.6 is 0 Å². The summed E-state index contributed by atoms with van der Waals surface area (Å²) in [5, 5.41) is 2.96. The van der Waals surface area contributed by atoms with E-state index in [0.717, 1.165) is 27.4 Å². The van der Waals surface area contributed by atoms with Gasteiger partial charge in [0.15, 0.2) is 0 Å². The predicted octanol–water partition coefficient (Wildman–Crippen LogP) is 5.67. The molecular formula is C36H41N3O5S. The fourth-order valence-corrected chi connectivity index (χ4v) is 6.56. The van der Waals surface area contributed by atoms with Gasteiger partial charge in [-0.05, 0) is 67.3 Å². The number of anilines is 1. The molecule has 0 radical (unpaired) electrons. The molecule has 0 aliphatic rings. The first-order valence-electron chi connectivity index (χ1n) is 15.0. The number of amides is 2. The number of para-hydroxylation sites is 1. The number of nitrogens with one attached hydrogen (secondary N) is 1. The zero-order chi connectivity index (χ0) is 32.4. The highest BCUT2D eigenvalue weighted by Crippen LogP contribution is 2.28. The van der Waals surface area contributed by atoms with Crippen molar-refractivity contribution in [3.05, 3.63) is 125 Å². The normalized spacial score (nSPS) is 11.8. The third-order valence-corrected chi connectivity index (χ3v) is 9.35. The minimum Gasteiger partial charge on any atom is -0.497 e. The molecule has 0 saturated heterocycles. The van der Waals surface area contributed by atoms with E-state index in [2.05, 4.69) is 5.32 Å². The molecule has 0 aliphatic heterocycles. The highest BCUT2D eigenvalue weighted by atomic mass is 32.2. The van der Waals surface area contributed by atoms with Gasteiger partial charge in [-0.15, -0.1) is 0 Å². The molecule has 2 amide bonds. The first-order chi connectivity index (χ1) is 21.6. The molecule has 0 fully saturated rings. The lowest BCUT2D eigenvalue weighted by Gasteiger charge is -2.34. The number of sulfonamides is 1. The molecule has 0 heterocycles. The Morgan fingerprint density at radius 2 is 1.51 bits per heavy atom. The number of methoxy groups -OCH3 is 1. The molecule has 4 rings (SSSR count). The third-order valence-electron chi connectivity index (χ3n) is 7.58. The number of benzene rings is 4. The van der Waals surface area contributed by atoms with Crippen LogP contribution in [0.3, 0.4) is 0 Å². The van der Waals surface area contributed by atoms with Gasteiger partial charge in [0, 0.05) is 19.5 Å². The molecule has 236 valence electrons. The molecule has 4 aromatic carbocycles. The van der Waals surface area contributed by atoms with Crippen LogP contribution in [0.5, 0.6) is 5.75 Å². The number of carbonyl (C=O) groups excluding carboxylic acids is 2. The summed E-state index contributed by atoms with van der Waals surface area (Å²) in [5.74, 6) is -0.205. The largest absolute Gasteiger partial charge is 0.497 e. The number of rotatable bonds is 14. The molecule has 1 N–H and O–H groups in total. The fourth-order valence-electron chi connectivity index (χ4n) is 5.08. The van der Waals surface area contributed by atoms with Crippen molar-refractivity contribution in [3.8, 4) is 5.75 Å². The highest BCUT2D eigenvalue weighted by molar-refractivity contribution is 7.92. The number of nitrogens with zero attached hydrogens (tertiary/aromatic N) is 2. The smallest absolute Gasteiger partial charge is 0.264 e. The van der Waals surface area contributed by atoms with Crippen LogP contribution in [0.4, 0.5) is 5.69 Å². The van der Waals surface area contributed by atoms with Crippen molar-refractivity contribution in [2.24, 2.45) is 0 Å². The van der Waals surface area contributed by atoms with Gasteiger partial charge < -0.3 is 15.0 Å². The molecule has 0 bridgehead atoms. The van der Waals surface area contributed by atoms with Crippen LogP contribution in [0, 0.1) is 13.8 Å². The minimum atomic E-state index is -4.16. The van der Waals surface area contributed by atoms with E-state index >= 15 is 0 Å². The fraction of sp³-hybridized carbons (Fsp3) is 0.278. The van der Waals surface area contributed by atoms with Crippen molar-refractivity contribution in [3.63, 3.8) is 0 Å². The summed E-state index contributed by atoms with van der Waals surface area (Å²) < 4.78 is 35.0. The molecule has 0 spiro atoms. The van der Waals surface area contributed by atoms with E-state index in [0.29, 0.717) is 23.5 Å². The molecule has 8 nitrogen and oxygen atoms in total. The maximum atomic E-state index is 14.5. The maximum Gasteiger partial charge on any atom is 0.264 e. The molecule has 0 aromatic heterocycles. The molecular weight excluding hydrogens is 586 g/mol. The number of hydrogen-bond donors (Lipinski definition) is 1. The first-order valence-corrected chi connectivity index (χ1v) is 16.5. The number of carbonyl (C=O) groups is 2. The monoisotopic (exact) mass is 627 g/mol. The van der Waals surface area contributed by atoms with Crippen LogP contribution in [-0.4, -0.2) is 51.4 Å². The van der Waals surface area contributed by atoms with Crippen molar-refractivity contribution in [1.29, 1.82) is 0 Å². The number of aryl methyl sites for hydroxylation is 2. The Morgan fingerprint density at radius 3 is 2.18 bits per heavy atom. The van der Waals surface area contributed by atoms with E-state index in [1.165, 1.54) is 4.90 Å². The Morgan fingerprint density at radius 1 is 0.844 bits per heavy atom. The zero-order valence-electron chi connectivity index (χ0n) is 26.3. The van der Waals surface area contributed by atoms with Crippen molar-refractivity contribution in [2.75, 3.05) is 24.5 Å². The first kappa shape index (κ1) is 33.3. The second kappa shape index (κ2) is 15.4. The van der Waals surface area contributed by atoms with Crippen LogP contribution < -0.4 is 14.4 Å². The molecule has 0 aliphatic carbocycles. The van der Waals surface area contributed by atoms with Gasteiger partial charge >= 0.3 is 0 Å². The minimum absolute atomic E-state index is 0.0687. The molecule has 9 heteroatoms. The SMILES string of the molecule is CCCNC(=O)[C@@H](Cc1ccccc1)N(Cc1cccc(OC)c1)C(=O)CN(c1ccccc1C)S(=O)(=O)c1ccc(C)cc1. The van der Waals surface area contributed by atoms with Crippen LogP contribution in [0.1, 0.15) is 35.6 Å². The predicted molar refractivity (Wildman–Crippen MR) is 178 cm³/mol. The van der Waals surface area contributed by atoms with Crippen molar-refractivity contribution in [2.45, 2.75) is 51.1 Å². The van der Waals surface area contributed by atoms with Gasteiger partial charge in [0.2, 0.25) is 11.8 Å². The van der Waals surface area contributed by atoms with Crippen LogP contribution in [0.25, 0.3) is 0 Å². The molecule has 4 aromatic rings. The second-order valence-corrected chi connectivity index (χ2v) is 12.8. The molecule has 0 saturated carbocycles. The van der Waals surface area contributed by atoms with Crippen molar-refractivity contribution >= 4 is 27.5 Å². The van der Waals surface area contributed by atoms with E-state index < -0.39 is 28.5 Å². The zero-order valence-corrected chi connectivity index (χ0v) is 27.1. The van der Waals surface area contributed by atoms with Crippen molar-refractivity contribution < 1.29 is 22.7 Å². The Bertz CT molecular complexity index is 1690. The lowest BCUT2D eigenvalue weighted by atomic mass is 10.0. The summed E-state index contributed by atoms with van der Waals surface area (Å²) in [5.41, 5.74) is 3.62. The summed E-state index contributed by atoms with van der Waals surface area (Å²) >= 11 is 0.